The molecule has 2 aliphatic heterocycles. The number of alkyl carbamates (subject to hydrolysis) is 1. The highest BCUT2D eigenvalue weighted by molar-refractivity contribution is 7.14. The van der Waals surface area contributed by atoms with Gasteiger partial charge < -0.3 is 67.9 Å². The van der Waals surface area contributed by atoms with Crippen LogP contribution < -0.4 is 15.8 Å². The molecular formula is C53H75F4N5O16S. The van der Waals surface area contributed by atoms with E-state index in [1.165, 1.54) is 16.4 Å². The number of fused-ring (bicyclic) bond motifs is 1. The predicted octanol–water partition coefficient (Wildman–Crippen LogP) is 4.97. The monoisotopic (exact) mass is 1150 g/mol. The molecule has 3 N–H and O–H groups in total. The third-order valence-electron chi connectivity index (χ3n) is 11.6. The van der Waals surface area contributed by atoms with Crippen LogP contribution >= 0.6 is 11.3 Å². The van der Waals surface area contributed by atoms with Gasteiger partial charge in [0.2, 0.25) is 17.4 Å². The average molecular weight is 1150 g/mol. The van der Waals surface area contributed by atoms with Crippen LogP contribution in [0.15, 0.2) is 22.7 Å². The smallest absolute Gasteiger partial charge is 0.407 e. The zero-order valence-electron chi connectivity index (χ0n) is 44.9. The van der Waals surface area contributed by atoms with Gasteiger partial charge in [0.15, 0.2) is 11.6 Å². The van der Waals surface area contributed by atoms with Crippen molar-refractivity contribution in [2.45, 2.75) is 51.6 Å². The van der Waals surface area contributed by atoms with E-state index in [1.54, 1.807) is 0 Å². The minimum atomic E-state index is -1.80. The number of hydrogen-bond donors (Lipinski definition) is 2. The van der Waals surface area contributed by atoms with Crippen LogP contribution in [0.1, 0.15) is 55.2 Å². The van der Waals surface area contributed by atoms with Gasteiger partial charge in [-0.15, -0.1) is 11.3 Å². The highest BCUT2D eigenvalue weighted by atomic mass is 32.1. The molecule has 5 rings (SSSR count). The highest BCUT2D eigenvalue weighted by Gasteiger charge is 2.27. The minimum absolute atomic E-state index is 0.00614. The first-order valence-electron chi connectivity index (χ1n) is 26.6. The van der Waals surface area contributed by atoms with Gasteiger partial charge in [-0.05, 0) is 44.7 Å². The molecule has 0 spiro atoms. The van der Waals surface area contributed by atoms with E-state index in [0.717, 1.165) is 48.7 Å². The maximum absolute atomic E-state index is 13.6. The summed E-state index contributed by atoms with van der Waals surface area (Å²) in [4.78, 5) is 51.5. The lowest BCUT2D eigenvalue weighted by atomic mass is 9.96. The second-order valence-electron chi connectivity index (χ2n) is 17.7. The summed E-state index contributed by atoms with van der Waals surface area (Å²) in [6, 6.07) is 1.93. The molecule has 0 radical (unpaired) electrons. The molecule has 0 unspecified atom stereocenters. The Balaban J connectivity index is 0.733. The molecule has 1 saturated carbocycles. The summed E-state index contributed by atoms with van der Waals surface area (Å²) in [5.74, 6) is -2.57. The van der Waals surface area contributed by atoms with Gasteiger partial charge in [-0.1, -0.05) is 11.8 Å². The number of thiophene rings is 1. The molecule has 2 aromatic rings. The number of likely N-dealkylation sites (tertiary alicyclic amines) is 1. The number of amidine groups is 1. The summed E-state index contributed by atoms with van der Waals surface area (Å²) in [5, 5.41) is 4.07. The molecule has 0 atom stereocenters. The molecule has 3 aliphatic rings. The van der Waals surface area contributed by atoms with Crippen LogP contribution in [0.3, 0.4) is 0 Å². The number of nitrogens with one attached hydrogen (secondary N) is 1. The van der Waals surface area contributed by atoms with Crippen molar-refractivity contribution in [1.82, 2.24) is 15.3 Å². The fourth-order valence-corrected chi connectivity index (χ4v) is 8.20. The van der Waals surface area contributed by atoms with Gasteiger partial charge in [-0.25, -0.2) is 23.6 Å². The number of nitrogens with zero attached hydrogens (tertiary/aromatic N) is 3. The van der Waals surface area contributed by atoms with E-state index in [9.17, 15) is 31.9 Å². The molecular weight excluding hydrogens is 1070 g/mol. The van der Waals surface area contributed by atoms with Crippen molar-refractivity contribution in [3.05, 3.63) is 50.7 Å². The Kier molecular flexibility index (Phi) is 31.8. The van der Waals surface area contributed by atoms with Gasteiger partial charge >= 0.3 is 12.1 Å². The summed E-state index contributed by atoms with van der Waals surface area (Å²) in [6.45, 7) is 12.7. The molecule has 79 heavy (non-hydrogen) atoms. The van der Waals surface area contributed by atoms with Crippen LogP contribution in [0.2, 0.25) is 0 Å². The van der Waals surface area contributed by atoms with Crippen molar-refractivity contribution in [3.63, 3.8) is 0 Å². The fourth-order valence-electron chi connectivity index (χ4n) is 7.27. The van der Waals surface area contributed by atoms with E-state index >= 15 is 0 Å². The SMILES string of the molecule is CCON(CCCNC(=O)OC1CCC1)C(=O)C1=Cc2sc(C#CC3CN(CCOCCOCCOCCOCCOCCOCCOCCOCCOCCOCCC(=O)Oc4c(F)c(F)cc(F)c4F)C3)cc2N=C(N)C1. The second kappa shape index (κ2) is 38.7. The predicted molar refractivity (Wildman–Crippen MR) is 280 cm³/mol. The molecule has 3 heterocycles. The van der Waals surface area contributed by atoms with Crippen LogP contribution in [-0.2, 0) is 66.5 Å². The maximum atomic E-state index is 13.6. The number of ether oxygens (including phenoxy) is 12. The number of carbonyl (C=O) groups excluding carboxylic acids is 3. The number of hydroxylamine groups is 2. The molecule has 442 valence electrons. The summed E-state index contributed by atoms with van der Waals surface area (Å²) < 4.78 is 118. The van der Waals surface area contributed by atoms with E-state index in [1.807, 2.05) is 19.1 Å². The Morgan fingerprint density at radius 2 is 1.24 bits per heavy atom. The van der Waals surface area contributed by atoms with E-state index in [2.05, 4.69) is 31.8 Å². The zero-order valence-corrected chi connectivity index (χ0v) is 45.7. The number of rotatable bonds is 42. The number of amides is 2. The lowest BCUT2D eigenvalue weighted by molar-refractivity contribution is -0.180. The topological polar surface area (TPSA) is 228 Å². The lowest BCUT2D eigenvalue weighted by Crippen LogP contribution is -2.47. The number of aliphatic imine (C=N–C) groups is 1. The fraction of sp³-hybridized carbons (Fsp3) is 0.660. The van der Waals surface area contributed by atoms with Crippen molar-refractivity contribution in [2.24, 2.45) is 16.6 Å². The highest BCUT2D eigenvalue weighted by Crippen LogP contribution is 2.35. The van der Waals surface area contributed by atoms with Crippen molar-refractivity contribution in [1.29, 1.82) is 0 Å². The third kappa shape index (κ3) is 26.1. The third-order valence-corrected chi connectivity index (χ3v) is 12.6. The molecule has 26 heteroatoms. The van der Waals surface area contributed by atoms with E-state index in [0.29, 0.717) is 149 Å². The Labute approximate surface area is 462 Å². The Morgan fingerprint density at radius 3 is 1.73 bits per heavy atom. The first-order valence-corrected chi connectivity index (χ1v) is 27.4. The molecule has 1 aromatic heterocycles. The minimum Gasteiger partial charge on any atom is -0.446 e. The van der Waals surface area contributed by atoms with Crippen LogP contribution in [0.5, 0.6) is 5.75 Å². The van der Waals surface area contributed by atoms with Crippen LogP contribution in [0, 0.1) is 41.0 Å². The molecule has 1 aromatic carbocycles. The molecule has 2 amide bonds. The van der Waals surface area contributed by atoms with Gasteiger partial charge in [0.25, 0.3) is 5.91 Å². The number of halogens is 4. The number of esters is 1. The van der Waals surface area contributed by atoms with Crippen molar-refractivity contribution >= 4 is 46.9 Å². The standard InChI is InChI=1S/C53H75F4N5O16S/c1-2-76-62(11-4-10-59-53(65)77-41-5-3-6-41)52(64)40-33-46-45(60-47(58)34-40)35-42(79-46)8-7-39-37-61(38-39)12-14-67-16-18-69-20-22-71-24-26-73-28-30-75-32-31-74-29-27-72-25-23-70-21-19-68-17-15-66-13-9-48(63)78-51-49(56)43(54)36-44(55)50(51)57/h33,35-36,39,41H,2-6,9-32,34,37-38H2,1H3,(H2,58,60)(H,59,65). The van der Waals surface area contributed by atoms with Gasteiger partial charge in [0, 0.05) is 50.2 Å². The van der Waals surface area contributed by atoms with Gasteiger partial charge in [0.05, 0.1) is 167 Å². The van der Waals surface area contributed by atoms with Crippen LogP contribution in [0.25, 0.3) is 6.08 Å². The van der Waals surface area contributed by atoms with E-state index in [4.69, 9.17) is 62.7 Å². The molecule has 21 nitrogen and oxygen atoms in total. The van der Waals surface area contributed by atoms with Crippen molar-refractivity contribution < 1.29 is 93.6 Å². The molecule has 1 saturated heterocycles. The summed E-state index contributed by atoms with van der Waals surface area (Å²) >= 11 is 1.47. The summed E-state index contributed by atoms with van der Waals surface area (Å²) in [5.41, 5.74) is 7.41. The van der Waals surface area contributed by atoms with E-state index in [-0.39, 0.29) is 56.8 Å². The zero-order chi connectivity index (χ0) is 56.3. The Hall–Kier alpha value is -4.86. The van der Waals surface area contributed by atoms with Crippen LogP contribution in [0.4, 0.5) is 28.0 Å². The molecule has 0 bridgehead atoms. The number of hydrogen-bond acceptors (Lipinski definition) is 20. The number of benzene rings is 1. The number of carbonyl (C=O) groups is 3. The number of nitrogens with two attached hydrogens (primary N) is 1. The quantitative estimate of drug-likeness (QED) is 0.0170. The Bertz CT molecular complexity index is 2240. The first kappa shape index (κ1) is 65.0. The largest absolute Gasteiger partial charge is 0.446 e. The molecule has 2 fully saturated rings. The summed E-state index contributed by atoms with van der Waals surface area (Å²) in [6.07, 6.45) is 4.56. The van der Waals surface area contributed by atoms with Gasteiger partial charge in [-0.2, -0.15) is 8.78 Å². The maximum Gasteiger partial charge on any atom is 0.407 e. The van der Waals surface area contributed by atoms with E-state index < -0.39 is 47.5 Å². The lowest BCUT2D eigenvalue weighted by Gasteiger charge is -2.36. The summed E-state index contributed by atoms with van der Waals surface area (Å²) in [7, 11) is 0. The van der Waals surface area contributed by atoms with Crippen molar-refractivity contribution in [3.8, 4) is 17.6 Å². The average Bonchev–Trinajstić information content (AvgIpc) is 3.74. The van der Waals surface area contributed by atoms with Gasteiger partial charge in [0.1, 0.15) is 11.9 Å². The van der Waals surface area contributed by atoms with Gasteiger partial charge in [-0.3, -0.25) is 19.3 Å². The normalized spacial score (nSPS) is 14.5. The first-order chi connectivity index (χ1) is 38.5. The molecule has 1 aliphatic carbocycles. The van der Waals surface area contributed by atoms with Crippen LogP contribution in [-0.4, -0.2) is 211 Å². The van der Waals surface area contributed by atoms with Crippen molar-refractivity contribution in [2.75, 3.05) is 171 Å². The second-order valence-corrected chi connectivity index (χ2v) is 18.8. The Morgan fingerprint density at radius 1 is 0.734 bits per heavy atom.